The smallest absolute Gasteiger partial charge is 0.253 e. The zero-order valence-electron chi connectivity index (χ0n) is 9.65. The number of halogens is 1. The van der Waals surface area contributed by atoms with Crippen LogP contribution >= 0.6 is 0 Å². The molecule has 1 heterocycles. The highest BCUT2D eigenvalue weighted by Gasteiger charge is 2.30. The topological polar surface area (TPSA) is 51.2 Å². The fourth-order valence-electron chi connectivity index (χ4n) is 1.83. The van der Waals surface area contributed by atoms with Gasteiger partial charge in [-0.1, -0.05) is 0 Å². The summed E-state index contributed by atoms with van der Waals surface area (Å²) >= 11 is 0. The van der Waals surface area contributed by atoms with Crippen molar-refractivity contribution in [2.75, 3.05) is 6.61 Å². The molecule has 0 atom stereocenters. The number of carbonyl (C=O) groups excluding carboxylic acids is 1. The Kier molecular flexibility index (Phi) is 3.68. The maximum atomic E-state index is 12.6. The molecule has 0 aliphatic heterocycles. The number of rotatable bonds is 4. The van der Waals surface area contributed by atoms with Crippen LogP contribution in [0.5, 0.6) is 0 Å². The number of nitrogens with zero attached hydrogens (tertiary/aromatic N) is 1. The van der Waals surface area contributed by atoms with Crippen LogP contribution in [0.25, 0.3) is 0 Å². The van der Waals surface area contributed by atoms with Crippen molar-refractivity contribution in [1.29, 1.82) is 0 Å². The average molecular weight is 238 g/mol. The lowest BCUT2D eigenvalue weighted by Crippen LogP contribution is -2.47. The van der Waals surface area contributed by atoms with Crippen LogP contribution in [0.2, 0.25) is 0 Å². The standard InChI is InChI=1S/C12H15FN2O2/c1-2-17-10-5-9(6-10)15-12(16)8-3-4-11(13)14-7-8/h3-4,7,9-10H,2,5-6H2,1H3,(H,15,16). The van der Waals surface area contributed by atoms with Gasteiger partial charge < -0.3 is 10.1 Å². The largest absolute Gasteiger partial charge is 0.378 e. The van der Waals surface area contributed by atoms with E-state index in [-0.39, 0.29) is 18.1 Å². The highest BCUT2D eigenvalue weighted by atomic mass is 19.1. The van der Waals surface area contributed by atoms with Crippen molar-refractivity contribution in [3.63, 3.8) is 0 Å². The average Bonchev–Trinajstić information content (AvgIpc) is 2.27. The van der Waals surface area contributed by atoms with Gasteiger partial charge in [-0.15, -0.1) is 0 Å². The molecule has 17 heavy (non-hydrogen) atoms. The third-order valence-electron chi connectivity index (χ3n) is 2.82. The van der Waals surface area contributed by atoms with E-state index in [9.17, 15) is 9.18 Å². The normalized spacial score (nSPS) is 22.9. The molecule has 0 spiro atoms. The first kappa shape index (κ1) is 12.0. The van der Waals surface area contributed by atoms with Gasteiger partial charge in [0.2, 0.25) is 5.95 Å². The summed E-state index contributed by atoms with van der Waals surface area (Å²) in [5.74, 6) is -0.793. The molecule has 1 aromatic rings. The fourth-order valence-corrected chi connectivity index (χ4v) is 1.83. The Balaban J connectivity index is 1.81. The lowest BCUT2D eigenvalue weighted by atomic mass is 9.89. The second kappa shape index (κ2) is 5.23. The SMILES string of the molecule is CCOC1CC(NC(=O)c2ccc(F)nc2)C1. The zero-order valence-corrected chi connectivity index (χ0v) is 9.65. The van der Waals surface area contributed by atoms with E-state index in [1.807, 2.05) is 6.92 Å². The molecule has 5 heteroatoms. The summed E-state index contributed by atoms with van der Waals surface area (Å²) in [5, 5.41) is 2.86. The van der Waals surface area contributed by atoms with Gasteiger partial charge in [0.1, 0.15) is 0 Å². The third kappa shape index (κ3) is 3.00. The summed E-state index contributed by atoms with van der Waals surface area (Å²) in [7, 11) is 0. The summed E-state index contributed by atoms with van der Waals surface area (Å²) < 4.78 is 18.0. The molecule has 92 valence electrons. The van der Waals surface area contributed by atoms with Crippen molar-refractivity contribution in [2.45, 2.75) is 31.9 Å². The number of aromatic nitrogens is 1. The van der Waals surface area contributed by atoms with Gasteiger partial charge in [0, 0.05) is 18.8 Å². The van der Waals surface area contributed by atoms with E-state index in [0.717, 1.165) is 12.8 Å². The van der Waals surface area contributed by atoms with Gasteiger partial charge in [0.25, 0.3) is 5.91 Å². The molecule has 0 radical (unpaired) electrons. The van der Waals surface area contributed by atoms with Crippen LogP contribution in [0.3, 0.4) is 0 Å². The Hall–Kier alpha value is -1.49. The van der Waals surface area contributed by atoms with E-state index in [4.69, 9.17) is 4.74 Å². The lowest BCUT2D eigenvalue weighted by molar-refractivity contribution is -0.00862. The highest BCUT2D eigenvalue weighted by Crippen LogP contribution is 2.23. The van der Waals surface area contributed by atoms with Gasteiger partial charge in [-0.05, 0) is 31.9 Å². The number of hydrogen-bond acceptors (Lipinski definition) is 3. The van der Waals surface area contributed by atoms with Gasteiger partial charge >= 0.3 is 0 Å². The number of nitrogens with one attached hydrogen (secondary N) is 1. The van der Waals surface area contributed by atoms with Crippen molar-refractivity contribution < 1.29 is 13.9 Å². The van der Waals surface area contributed by atoms with Crippen LogP contribution in [0.1, 0.15) is 30.1 Å². The molecule has 1 amide bonds. The lowest BCUT2D eigenvalue weighted by Gasteiger charge is -2.35. The first-order valence-corrected chi connectivity index (χ1v) is 5.73. The first-order chi connectivity index (χ1) is 8.19. The number of ether oxygens (including phenoxy) is 1. The monoisotopic (exact) mass is 238 g/mol. The second-order valence-electron chi connectivity index (χ2n) is 4.09. The quantitative estimate of drug-likeness (QED) is 0.809. The Labute approximate surface area is 99.2 Å². The van der Waals surface area contributed by atoms with E-state index in [2.05, 4.69) is 10.3 Å². The minimum Gasteiger partial charge on any atom is -0.378 e. The summed E-state index contributed by atoms with van der Waals surface area (Å²) in [5.41, 5.74) is 0.381. The van der Waals surface area contributed by atoms with Crippen LogP contribution in [-0.4, -0.2) is 29.6 Å². The maximum absolute atomic E-state index is 12.6. The summed E-state index contributed by atoms with van der Waals surface area (Å²) in [6, 6.07) is 2.76. The molecule has 1 fully saturated rings. The predicted octanol–water partition coefficient (Wildman–Crippen LogP) is 1.52. The van der Waals surface area contributed by atoms with Gasteiger partial charge in [0.05, 0.1) is 11.7 Å². The molecule has 4 nitrogen and oxygen atoms in total. The first-order valence-electron chi connectivity index (χ1n) is 5.73. The van der Waals surface area contributed by atoms with Crippen molar-refractivity contribution >= 4 is 5.91 Å². The van der Waals surface area contributed by atoms with Crippen molar-refractivity contribution in [1.82, 2.24) is 10.3 Å². The van der Waals surface area contributed by atoms with Crippen molar-refractivity contribution in [3.8, 4) is 0 Å². The molecule has 0 saturated heterocycles. The number of carbonyl (C=O) groups is 1. The van der Waals surface area contributed by atoms with Crippen LogP contribution in [0.4, 0.5) is 4.39 Å². The Morgan fingerprint density at radius 1 is 1.59 bits per heavy atom. The van der Waals surface area contributed by atoms with Crippen molar-refractivity contribution in [2.24, 2.45) is 0 Å². The number of pyridine rings is 1. The van der Waals surface area contributed by atoms with Gasteiger partial charge in [-0.2, -0.15) is 4.39 Å². The molecule has 1 saturated carbocycles. The maximum Gasteiger partial charge on any atom is 0.253 e. The molecule has 1 aromatic heterocycles. The van der Waals surface area contributed by atoms with E-state index in [1.54, 1.807) is 0 Å². The van der Waals surface area contributed by atoms with Crippen molar-refractivity contribution in [3.05, 3.63) is 29.8 Å². The minimum atomic E-state index is -0.582. The van der Waals surface area contributed by atoms with Crippen LogP contribution in [0, 0.1) is 5.95 Å². The Morgan fingerprint density at radius 3 is 2.94 bits per heavy atom. The molecular formula is C12H15FN2O2. The summed E-state index contributed by atoms with van der Waals surface area (Å²) in [6.45, 7) is 2.66. The van der Waals surface area contributed by atoms with Crippen LogP contribution in [0.15, 0.2) is 18.3 Å². The molecule has 2 rings (SSSR count). The van der Waals surface area contributed by atoms with E-state index in [0.29, 0.717) is 12.2 Å². The van der Waals surface area contributed by atoms with Crippen LogP contribution in [-0.2, 0) is 4.74 Å². The van der Waals surface area contributed by atoms with E-state index < -0.39 is 5.95 Å². The van der Waals surface area contributed by atoms with E-state index >= 15 is 0 Å². The predicted molar refractivity (Wildman–Crippen MR) is 60.1 cm³/mol. The minimum absolute atomic E-state index is 0.157. The number of hydrogen-bond donors (Lipinski definition) is 1. The van der Waals surface area contributed by atoms with Crippen LogP contribution < -0.4 is 5.32 Å². The molecule has 0 unspecified atom stereocenters. The van der Waals surface area contributed by atoms with Gasteiger partial charge in [-0.3, -0.25) is 4.79 Å². The number of amides is 1. The summed E-state index contributed by atoms with van der Waals surface area (Å²) in [4.78, 5) is 15.2. The Morgan fingerprint density at radius 2 is 2.35 bits per heavy atom. The molecular weight excluding hydrogens is 223 g/mol. The molecule has 0 aromatic carbocycles. The third-order valence-corrected chi connectivity index (χ3v) is 2.82. The summed E-state index contributed by atoms with van der Waals surface area (Å²) in [6.07, 6.45) is 3.18. The Bertz CT molecular complexity index is 388. The highest BCUT2D eigenvalue weighted by molar-refractivity contribution is 5.94. The zero-order chi connectivity index (χ0) is 12.3. The molecule has 1 N–H and O–H groups in total. The molecule has 1 aliphatic carbocycles. The molecule has 1 aliphatic rings. The van der Waals surface area contributed by atoms with Gasteiger partial charge in [-0.25, -0.2) is 4.98 Å². The fraction of sp³-hybridized carbons (Fsp3) is 0.500. The second-order valence-corrected chi connectivity index (χ2v) is 4.09. The van der Waals surface area contributed by atoms with E-state index in [1.165, 1.54) is 18.3 Å². The van der Waals surface area contributed by atoms with Gasteiger partial charge in [0.15, 0.2) is 0 Å². The molecule has 0 bridgehead atoms.